The lowest BCUT2D eigenvalue weighted by Gasteiger charge is -2.27. The minimum atomic E-state index is -1.20. The molecule has 0 radical (unpaired) electrons. The third-order valence-electron chi connectivity index (χ3n) is 8.49. The van der Waals surface area contributed by atoms with Crippen LogP contribution in [0.1, 0.15) is 54.5 Å². The molecule has 2 fully saturated rings. The lowest BCUT2D eigenvalue weighted by Crippen LogP contribution is -2.50. The summed E-state index contributed by atoms with van der Waals surface area (Å²) >= 11 is 0. The van der Waals surface area contributed by atoms with E-state index in [1.165, 1.54) is 6.07 Å². The Morgan fingerprint density at radius 3 is 2.40 bits per heavy atom. The van der Waals surface area contributed by atoms with Gasteiger partial charge in [-0.15, -0.1) is 0 Å². The van der Waals surface area contributed by atoms with Crippen LogP contribution in [0.4, 0.5) is 10.1 Å². The second-order valence-corrected chi connectivity index (χ2v) is 18.8. The SMILES string of the molecule is CCn1nccc1C(=O)NC(C(=O)Nc1ccc(-c2c(C)nn(COCC[Si](C)(C)C)c2C)nc1F)C(C1CC1)C1CC1. The summed E-state index contributed by atoms with van der Waals surface area (Å²) in [6.07, 6.45) is 5.72. The quantitative estimate of drug-likeness (QED) is 0.144. The van der Waals surface area contributed by atoms with E-state index in [2.05, 4.69) is 45.5 Å². The molecule has 0 aliphatic heterocycles. The Bertz CT molecular complexity index is 1460. The van der Waals surface area contributed by atoms with Crippen molar-refractivity contribution in [2.75, 3.05) is 11.9 Å². The van der Waals surface area contributed by atoms with E-state index in [0.29, 0.717) is 43.1 Å². The second-order valence-electron chi connectivity index (χ2n) is 13.2. The molecular formula is C31H44FN7O3Si. The summed E-state index contributed by atoms with van der Waals surface area (Å²) < 4.78 is 24.7. The van der Waals surface area contributed by atoms with Gasteiger partial charge in [0.25, 0.3) is 5.91 Å². The molecule has 3 heterocycles. The van der Waals surface area contributed by atoms with Gasteiger partial charge in [-0.25, -0.2) is 9.67 Å². The highest BCUT2D eigenvalue weighted by atomic mass is 28.3. The Kier molecular flexibility index (Phi) is 9.17. The summed E-state index contributed by atoms with van der Waals surface area (Å²) in [6, 6.07) is 5.15. The highest BCUT2D eigenvalue weighted by molar-refractivity contribution is 6.76. The molecule has 10 nitrogen and oxygen atoms in total. The molecule has 1 unspecified atom stereocenters. The van der Waals surface area contributed by atoms with Crippen molar-refractivity contribution >= 4 is 25.6 Å². The van der Waals surface area contributed by atoms with Crippen LogP contribution in [0.15, 0.2) is 24.4 Å². The molecule has 0 aromatic carbocycles. The van der Waals surface area contributed by atoms with Gasteiger partial charge in [0.2, 0.25) is 11.9 Å². The van der Waals surface area contributed by atoms with Gasteiger partial charge in [0, 0.05) is 38.7 Å². The smallest absolute Gasteiger partial charge is 0.270 e. The van der Waals surface area contributed by atoms with Crippen LogP contribution in [0.25, 0.3) is 11.3 Å². The number of anilines is 1. The molecule has 0 bridgehead atoms. The Balaban J connectivity index is 1.32. The molecular weight excluding hydrogens is 565 g/mol. The van der Waals surface area contributed by atoms with Gasteiger partial charge < -0.3 is 15.4 Å². The van der Waals surface area contributed by atoms with Crippen LogP contribution in [0.2, 0.25) is 25.7 Å². The van der Waals surface area contributed by atoms with Gasteiger partial charge in [0.15, 0.2) is 0 Å². The van der Waals surface area contributed by atoms with Crippen molar-refractivity contribution in [3.63, 3.8) is 0 Å². The molecule has 2 amide bonds. The van der Waals surface area contributed by atoms with Gasteiger partial charge in [-0.05, 0) is 88.5 Å². The standard InChI is InChI=1S/C31H44FN7O3Si/c1-7-38-25(14-15-33-38)30(40)36-28(27(21-8-9-21)22-10-11-22)31(41)35-24-13-12-23(34-29(24)32)26-19(2)37-39(20(26)3)18-42-16-17-43(4,5)6/h12-15,21-22,27-28H,7-11,16-18H2,1-6H3,(H,35,41)(H,36,40). The van der Waals surface area contributed by atoms with E-state index in [1.807, 2.05) is 20.8 Å². The van der Waals surface area contributed by atoms with Crippen molar-refractivity contribution in [3.8, 4) is 11.3 Å². The fraction of sp³-hybridized carbons (Fsp3) is 0.581. The highest BCUT2D eigenvalue weighted by Crippen LogP contribution is 2.51. The van der Waals surface area contributed by atoms with E-state index in [9.17, 15) is 9.59 Å². The molecule has 2 N–H and O–H groups in total. The summed E-state index contributed by atoms with van der Waals surface area (Å²) in [5.74, 6) is -0.788. The Morgan fingerprint density at radius 1 is 1.09 bits per heavy atom. The number of carbonyl (C=O) groups excluding carboxylic acids is 2. The molecule has 2 saturated carbocycles. The van der Waals surface area contributed by atoms with E-state index in [1.54, 1.807) is 27.7 Å². The van der Waals surface area contributed by atoms with E-state index >= 15 is 4.39 Å². The van der Waals surface area contributed by atoms with Crippen LogP contribution in [-0.4, -0.2) is 57.1 Å². The number of ether oxygens (including phenoxy) is 1. The first-order chi connectivity index (χ1) is 20.5. The van der Waals surface area contributed by atoms with Crippen molar-refractivity contribution in [2.24, 2.45) is 17.8 Å². The average molecular weight is 610 g/mol. The molecule has 5 rings (SSSR count). The molecule has 1 atom stereocenters. The average Bonchev–Trinajstić information content (AvgIpc) is 3.88. The lowest BCUT2D eigenvalue weighted by molar-refractivity contribution is -0.119. The van der Waals surface area contributed by atoms with Crippen LogP contribution < -0.4 is 10.6 Å². The zero-order valence-corrected chi connectivity index (χ0v) is 27.1. The van der Waals surface area contributed by atoms with Crippen molar-refractivity contribution < 1.29 is 18.7 Å². The zero-order valence-electron chi connectivity index (χ0n) is 26.1. The number of aryl methyl sites for hydroxylation is 2. The van der Waals surface area contributed by atoms with Gasteiger partial charge in [0.05, 0.1) is 17.1 Å². The molecule has 3 aromatic rings. The summed E-state index contributed by atoms with van der Waals surface area (Å²) in [6.45, 7) is 14.1. The van der Waals surface area contributed by atoms with Crippen molar-refractivity contribution in [2.45, 2.75) is 91.5 Å². The fourth-order valence-corrected chi connectivity index (χ4v) is 6.58. The lowest BCUT2D eigenvalue weighted by atomic mass is 9.88. The number of amides is 2. The fourth-order valence-electron chi connectivity index (χ4n) is 5.82. The number of pyridine rings is 1. The number of halogens is 1. The third-order valence-corrected chi connectivity index (χ3v) is 10.2. The predicted octanol–water partition coefficient (Wildman–Crippen LogP) is 5.40. The number of aromatic nitrogens is 5. The first-order valence-corrected chi connectivity index (χ1v) is 19.1. The normalized spacial score (nSPS) is 16.0. The van der Waals surface area contributed by atoms with Crippen LogP contribution in [-0.2, 0) is 22.8 Å². The van der Waals surface area contributed by atoms with Crippen LogP contribution in [0.5, 0.6) is 0 Å². The number of hydrogen-bond donors (Lipinski definition) is 2. The van der Waals surface area contributed by atoms with Crippen LogP contribution in [0, 0.1) is 37.5 Å². The van der Waals surface area contributed by atoms with Crippen LogP contribution >= 0.6 is 0 Å². The summed E-state index contributed by atoms with van der Waals surface area (Å²) in [4.78, 5) is 31.2. The van der Waals surface area contributed by atoms with Crippen molar-refractivity contribution in [3.05, 3.63) is 47.4 Å². The first kappa shape index (κ1) is 31.1. The molecule has 0 spiro atoms. The largest absolute Gasteiger partial charge is 0.360 e. The van der Waals surface area contributed by atoms with E-state index < -0.39 is 26.0 Å². The second kappa shape index (κ2) is 12.7. The van der Waals surface area contributed by atoms with E-state index in [-0.39, 0.29) is 17.5 Å². The highest BCUT2D eigenvalue weighted by Gasteiger charge is 2.48. The van der Waals surface area contributed by atoms with Gasteiger partial charge >= 0.3 is 0 Å². The van der Waals surface area contributed by atoms with Gasteiger partial charge in [-0.2, -0.15) is 14.6 Å². The van der Waals surface area contributed by atoms with Crippen molar-refractivity contribution in [1.29, 1.82) is 0 Å². The van der Waals surface area contributed by atoms with Crippen LogP contribution in [0.3, 0.4) is 0 Å². The minimum absolute atomic E-state index is 0.0151. The maximum Gasteiger partial charge on any atom is 0.270 e. The number of nitrogens with one attached hydrogen (secondary N) is 2. The molecule has 2 aliphatic carbocycles. The Hall–Kier alpha value is -3.38. The molecule has 12 heteroatoms. The number of hydrogen-bond acceptors (Lipinski definition) is 6. The molecule has 3 aromatic heterocycles. The number of carbonyl (C=O) groups is 2. The summed E-state index contributed by atoms with van der Waals surface area (Å²) in [5.41, 5.74) is 3.11. The maximum absolute atomic E-state index is 15.4. The molecule has 2 aliphatic rings. The van der Waals surface area contributed by atoms with E-state index in [4.69, 9.17) is 4.74 Å². The summed E-state index contributed by atoms with van der Waals surface area (Å²) in [7, 11) is -1.20. The van der Waals surface area contributed by atoms with E-state index in [0.717, 1.165) is 48.7 Å². The van der Waals surface area contributed by atoms with Gasteiger partial charge in [0.1, 0.15) is 18.5 Å². The number of rotatable bonds is 14. The van der Waals surface area contributed by atoms with Gasteiger partial charge in [-0.1, -0.05) is 19.6 Å². The Morgan fingerprint density at radius 2 is 1.79 bits per heavy atom. The van der Waals surface area contributed by atoms with Crippen molar-refractivity contribution in [1.82, 2.24) is 29.9 Å². The molecule has 232 valence electrons. The Labute approximate surface area is 253 Å². The monoisotopic (exact) mass is 609 g/mol. The molecule has 0 saturated heterocycles. The zero-order chi connectivity index (χ0) is 30.9. The summed E-state index contributed by atoms with van der Waals surface area (Å²) in [5, 5.41) is 14.5. The predicted molar refractivity (Wildman–Crippen MR) is 166 cm³/mol. The third kappa shape index (κ3) is 7.41. The first-order valence-electron chi connectivity index (χ1n) is 15.4. The topological polar surface area (TPSA) is 116 Å². The minimum Gasteiger partial charge on any atom is -0.360 e. The maximum atomic E-state index is 15.4. The number of nitrogens with zero attached hydrogens (tertiary/aromatic N) is 5. The van der Waals surface area contributed by atoms with Gasteiger partial charge in [-0.3, -0.25) is 14.3 Å². The molecule has 43 heavy (non-hydrogen) atoms.